The highest BCUT2D eigenvalue weighted by atomic mass is 35.5. The first-order chi connectivity index (χ1) is 8.78. The molecule has 1 aromatic rings. The van der Waals surface area contributed by atoms with Crippen LogP contribution in [0.1, 0.15) is 11.3 Å². The van der Waals surface area contributed by atoms with E-state index in [0.717, 1.165) is 13.3 Å². The van der Waals surface area contributed by atoms with Crippen molar-refractivity contribution in [3.05, 3.63) is 17.5 Å². The molecular formula is C10H9ClF3NO4. The molecular weight excluding hydrogens is 291 g/mol. The van der Waals surface area contributed by atoms with Gasteiger partial charge in [0, 0.05) is 0 Å². The molecule has 0 fully saturated rings. The van der Waals surface area contributed by atoms with E-state index in [0.29, 0.717) is 0 Å². The highest BCUT2D eigenvalue weighted by Crippen LogP contribution is 2.34. The van der Waals surface area contributed by atoms with Crippen molar-refractivity contribution in [2.75, 3.05) is 7.11 Å². The van der Waals surface area contributed by atoms with Crippen LogP contribution in [0.25, 0.3) is 0 Å². The molecule has 0 bridgehead atoms. The second kappa shape index (κ2) is 5.96. The van der Waals surface area contributed by atoms with Crippen LogP contribution in [0.3, 0.4) is 0 Å². The molecule has 106 valence electrons. The number of halogens is 4. The molecule has 5 nitrogen and oxygen atoms in total. The first-order valence-electron chi connectivity index (χ1n) is 4.86. The lowest BCUT2D eigenvalue weighted by molar-refractivity contribution is -0.275. The maximum atomic E-state index is 12.2. The van der Waals surface area contributed by atoms with Crippen LogP contribution in [-0.4, -0.2) is 29.5 Å². The average molecular weight is 300 g/mol. The molecule has 19 heavy (non-hydrogen) atoms. The fourth-order valence-electron chi connectivity index (χ4n) is 1.26. The summed E-state index contributed by atoms with van der Waals surface area (Å²) in [4.78, 5) is 14.6. The third-order valence-electron chi connectivity index (χ3n) is 2.10. The van der Waals surface area contributed by atoms with E-state index in [1.807, 2.05) is 0 Å². The van der Waals surface area contributed by atoms with Crippen LogP contribution >= 0.6 is 11.6 Å². The fourth-order valence-corrected chi connectivity index (χ4v) is 1.46. The number of nitrogens with zero attached hydrogens (tertiary/aromatic N) is 1. The number of methoxy groups -OCH3 is 1. The quantitative estimate of drug-likeness (QED) is 0.681. The first-order valence-corrected chi connectivity index (χ1v) is 5.40. The number of pyridine rings is 1. The zero-order valence-corrected chi connectivity index (χ0v) is 10.4. The zero-order valence-electron chi connectivity index (χ0n) is 9.62. The highest BCUT2D eigenvalue weighted by molar-refractivity contribution is 6.17. The molecule has 0 atom stereocenters. The van der Waals surface area contributed by atoms with Gasteiger partial charge in [0.2, 0.25) is 0 Å². The van der Waals surface area contributed by atoms with Gasteiger partial charge in [-0.3, -0.25) is 9.78 Å². The Labute approximate surface area is 110 Å². The number of alkyl halides is 4. The largest absolute Gasteiger partial charge is 0.573 e. The van der Waals surface area contributed by atoms with Crippen LogP contribution < -0.4 is 4.74 Å². The second-order valence-electron chi connectivity index (χ2n) is 3.33. The van der Waals surface area contributed by atoms with Gasteiger partial charge < -0.3 is 14.6 Å². The summed E-state index contributed by atoms with van der Waals surface area (Å²) >= 11 is 5.46. The molecule has 1 heterocycles. The summed E-state index contributed by atoms with van der Waals surface area (Å²) in [5.74, 6) is -2.47. The monoisotopic (exact) mass is 299 g/mol. The molecule has 0 aliphatic rings. The molecule has 1 aromatic heterocycles. The Morgan fingerprint density at radius 2 is 2.16 bits per heavy atom. The van der Waals surface area contributed by atoms with Crippen LogP contribution in [0.5, 0.6) is 11.5 Å². The summed E-state index contributed by atoms with van der Waals surface area (Å²) in [5.41, 5.74) is -0.440. The third kappa shape index (κ3) is 4.16. The summed E-state index contributed by atoms with van der Waals surface area (Å²) in [7, 11) is 1.06. The second-order valence-corrected chi connectivity index (χ2v) is 3.60. The normalized spacial score (nSPS) is 11.2. The Bertz CT molecular complexity index is 479. The summed E-state index contributed by atoms with van der Waals surface area (Å²) in [6, 6.07) is 0. The minimum absolute atomic E-state index is 0.0601. The number of hydrogen-bond donors (Lipinski definition) is 1. The van der Waals surface area contributed by atoms with E-state index in [-0.39, 0.29) is 17.1 Å². The SMILES string of the molecule is COC(=O)Cc1c(OC(F)(F)F)cnc(CCl)c1O. The summed E-state index contributed by atoms with van der Waals surface area (Å²) < 4.78 is 44.6. The van der Waals surface area contributed by atoms with Gasteiger partial charge in [-0.2, -0.15) is 0 Å². The lowest BCUT2D eigenvalue weighted by Gasteiger charge is -2.14. The van der Waals surface area contributed by atoms with Crippen molar-refractivity contribution in [3.63, 3.8) is 0 Å². The van der Waals surface area contributed by atoms with Crippen molar-refractivity contribution in [3.8, 4) is 11.5 Å². The molecule has 0 amide bonds. The number of aromatic nitrogens is 1. The van der Waals surface area contributed by atoms with E-state index in [1.54, 1.807) is 0 Å². The van der Waals surface area contributed by atoms with Gasteiger partial charge in [-0.1, -0.05) is 0 Å². The van der Waals surface area contributed by atoms with E-state index < -0.39 is 30.3 Å². The molecule has 0 aromatic carbocycles. The van der Waals surface area contributed by atoms with E-state index in [4.69, 9.17) is 11.6 Å². The van der Waals surface area contributed by atoms with E-state index >= 15 is 0 Å². The maximum Gasteiger partial charge on any atom is 0.573 e. The van der Waals surface area contributed by atoms with Crippen molar-refractivity contribution in [1.82, 2.24) is 4.98 Å². The molecule has 0 spiro atoms. The van der Waals surface area contributed by atoms with Crippen LogP contribution in [0.15, 0.2) is 6.20 Å². The van der Waals surface area contributed by atoms with Gasteiger partial charge in [0.25, 0.3) is 0 Å². The fraction of sp³-hybridized carbons (Fsp3) is 0.400. The number of hydrogen-bond acceptors (Lipinski definition) is 5. The minimum atomic E-state index is -4.97. The van der Waals surface area contributed by atoms with Gasteiger partial charge in [0.05, 0.1) is 36.9 Å². The van der Waals surface area contributed by atoms with Crippen LogP contribution in [-0.2, 0) is 21.8 Å². The number of aromatic hydroxyl groups is 1. The number of esters is 1. The van der Waals surface area contributed by atoms with E-state index in [1.165, 1.54) is 0 Å². The van der Waals surface area contributed by atoms with Gasteiger partial charge in [-0.05, 0) is 0 Å². The minimum Gasteiger partial charge on any atom is -0.506 e. The van der Waals surface area contributed by atoms with Crippen molar-refractivity contribution in [1.29, 1.82) is 0 Å². The molecule has 1 rings (SSSR count). The Hall–Kier alpha value is -1.70. The van der Waals surface area contributed by atoms with E-state index in [2.05, 4.69) is 14.5 Å². The third-order valence-corrected chi connectivity index (χ3v) is 2.35. The average Bonchev–Trinajstić information content (AvgIpc) is 2.32. The van der Waals surface area contributed by atoms with Crippen LogP contribution in [0, 0.1) is 0 Å². The predicted molar refractivity (Wildman–Crippen MR) is 57.9 cm³/mol. The molecule has 1 N–H and O–H groups in total. The van der Waals surface area contributed by atoms with Gasteiger partial charge >= 0.3 is 12.3 Å². The standard InChI is InChI=1S/C10H9ClF3NO4/c1-18-8(16)2-5-7(19-10(12,13)14)4-15-6(3-11)9(5)17/h4,17H,2-3H2,1H3. The van der Waals surface area contributed by atoms with Gasteiger partial charge in [0.1, 0.15) is 5.75 Å². The Kier molecular flexibility index (Phi) is 4.82. The first kappa shape index (κ1) is 15.4. The van der Waals surface area contributed by atoms with Crippen molar-refractivity contribution in [2.45, 2.75) is 18.7 Å². The molecule has 0 aliphatic heterocycles. The maximum absolute atomic E-state index is 12.2. The number of rotatable bonds is 4. The number of carbonyl (C=O) groups excluding carboxylic acids is 1. The van der Waals surface area contributed by atoms with Gasteiger partial charge in [0.15, 0.2) is 5.75 Å². The van der Waals surface area contributed by atoms with Crippen LogP contribution in [0.4, 0.5) is 13.2 Å². The lowest BCUT2D eigenvalue weighted by atomic mass is 10.1. The van der Waals surface area contributed by atoms with Crippen molar-refractivity contribution >= 4 is 17.6 Å². The Morgan fingerprint density at radius 3 is 2.63 bits per heavy atom. The van der Waals surface area contributed by atoms with Crippen molar-refractivity contribution in [2.24, 2.45) is 0 Å². The Balaban J connectivity index is 3.22. The van der Waals surface area contributed by atoms with Gasteiger partial charge in [-0.15, -0.1) is 24.8 Å². The topological polar surface area (TPSA) is 68.7 Å². The lowest BCUT2D eigenvalue weighted by Crippen LogP contribution is -2.19. The molecule has 0 unspecified atom stereocenters. The molecule has 0 aliphatic carbocycles. The molecule has 0 saturated carbocycles. The summed E-state index contributed by atoms with van der Waals surface area (Å²) in [6.07, 6.45) is -4.83. The zero-order chi connectivity index (χ0) is 14.6. The summed E-state index contributed by atoms with van der Waals surface area (Å²) in [5, 5.41) is 9.71. The number of ether oxygens (including phenoxy) is 2. The number of carbonyl (C=O) groups is 1. The highest BCUT2D eigenvalue weighted by Gasteiger charge is 2.33. The summed E-state index contributed by atoms with van der Waals surface area (Å²) in [6.45, 7) is 0. The smallest absolute Gasteiger partial charge is 0.506 e. The predicted octanol–water partition coefficient (Wildman–Crippen LogP) is 2.14. The van der Waals surface area contributed by atoms with E-state index in [9.17, 15) is 23.1 Å². The molecule has 0 saturated heterocycles. The van der Waals surface area contributed by atoms with Gasteiger partial charge in [-0.25, -0.2) is 0 Å². The molecule has 0 radical (unpaired) electrons. The molecule has 9 heteroatoms. The van der Waals surface area contributed by atoms with Crippen LogP contribution in [0.2, 0.25) is 0 Å². The van der Waals surface area contributed by atoms with Crippen molar-refractivity contribution < 1.29 is 32.5 Å². The Morgan fingerprint density at radius 1 is 1.53 bits per heavy atom.